The first-order valence-electron chi connectivity index (χ1n) is 17.2. The van der Waals surface area contributed by atoms with Crippen LogP contribution in [0.15, 0.2) is 112 Å². The molecule has 1 saturated heterocycles. The van der Waals surface area contributed by atoms with Crippen molar-refractivity contribution >= 4 is 33.7 Å². The molecule has 1 amide bonds. The molecule has 0 bridgehead atoms. The van der Waals surface area contributed by atoms with Crippen molar-refractivity contribution in [1.82, 2.24) is 10.3 Å². The van der Waals surface area contributed by atoms with E-state index < -0.39 is 17.9 Å². The number of nitrogens with zero attached hydrogens (tertiary/aromatic N) is 2. The Bertz CT molecular complexity index is 2440. The second-order valence-corrected chi connectivity index (χ2v) is 12.8. The van der Waals surface area contributed by atoms with E-state index >= 15 is 0 Å². The molecule has 7 aromatic rings. The Kier molecular flexibility index (Phi) is 9.11. The van der Waals surface area contributed by atoms with Crippen molar-refractivity contribution in [3.63, 3.8) is 0 Å². The predicted octanol–water partition coefficient (Wildman–Crippen LogP) is 9.16. The van der Waals surface area contributed by atoms with Gasteiger partial charge in [-0.3, -0.25) is 4.79 Å². The summed E-state index contributed by atoms with van der Waals surface area (Å²) in [5.41, 5.74) is 5.49. The number of nitrogens with one attached hydrogen (secondary N) is 1. The molecule has 9 nitrogen and oxygen atoms in total. The maximum Gasteiger partial charge on any atom is 0.255 e. The maximum atomic E-state index is 14.7. The van der Waals surface area contributed by atoms with Crippen LogP contribution in [-0.2, 0) is 9.47 Å². The smallest absolute Gasteiger partial charge is 0.255 e. The third-order valence-electron chi connectivity index (χ3n) is 9.46. The van der Waals surface area contributed by atoms with Crippen molar-refractivity contribution in [3.8, 4) is 39.7 Å². The Balaban J connectivity index is 1.27. The number of carbonyl (C=O) groups is 1. The van der Waals surface area contributed by atoms with Crippen molar-refractivity contribution in [2.75, 3.05) is 39.3 Å². The van der Waals surface area contributed by atoms with E-state index in [1.165, 1.54) is 18.2 Å². The number of methoxy groups -OCH3 is 1. The molecule has 0 radical (unpaired) electrons. The van der Waals surface area contributed by atoms with E-state index in [9.17, 15) is 13.6 Å². The summed E-state index contributed by atoms with van der Waals surface area (Å²) in [7, 11) is 5.06. The van der Waals surface area contributed by atoms with Gasteiger partial charge in [-0.05, 0) is 66.6 Å². The number of carbonyl (C=O) groups excluding carboxylic acids is 1. The maximum absolute atomic E-state index is 14.7. The monoisotopic (exact) mass is 715 g/mol. The van der Waals surface area contributed by atoms with Crippen LogP contribution in [0.3, 0.4) is 0 Å². The Morgan fingerprint density at radius 1 is 0.906 bits per heavy atom. The molecule has 0 aliphatic carbocycles. The molecule has 5 aromatic carbocycles. The van der Waals surface area contributed by atoms with Crippen molar-refractivity contribution in [1.29, 1.82) is 0 Å². The number of aromatic nitrogens is 1. The number of benzene rings is 5. The average molecular weight is 716 g/mol. The number of amides is 1. The van der Waals surface area contributed by atoms with Crippen LogP contribution in [-0.4, -0.2) is 51.4 Å². The van der Waals surface area contributed by atoms with Crippen molar-refractivity contribution < 1.29 is 36.6 Å². The quantitative estimate of drug-likeness (QED) is 0.158. The van der Waals surface area contributed by atoms with Gasteiger partial charge < -0.3 is 33.3 Å². The minimum absolute atomic E-state index is 0.115. The lowest BCUT2D eigenvalue weighted by Gasteiger charge is -2.34. The Labute approximate surface area is 303 Å². The summed E-state index contributed by atoms with van der Waals surface area (Å²) in [6, 6.07) is 29.6. The molecular formula is C42H35F2N3O6. The highest BCUT2D eigenvalue weighted by Crippen LogP contribution is 2.43. The van der Waals surface area contributed by atoms with Crippen LogP contribution >= 0.6 is 0 Å². The van der Waals surface area contributed by atoms with Crippen LogP contribution in [0.1, 0.15) is 28.6 Å². The number of rotatable bonds is 9. The topological polar surface area (TPSA) is 99.2 Å². The minimum atomic E-state index is -0.495. The fourth-order valence-corrected chi connectivity index (χ4v) is 6.82. The van der Waals surface area contributed by atoms with E-state index in [0.29, 0.717) is 64.3 Å². The number of para-hydroxylation sites is 1. The molecule has 8 rings (SSSR count). The van der Waals surface area contributed by atoms with Crippen molar-refractivity contribution in [3.05, 3.63) is 126 Å². The standard InChI is InChI=1S/C42H35F2N3O6/c1-45-40(48)37-30-21-29(26-14-17-34(49-3)31(20-26)41-46-38-32(44)10-7-11-35(38)53-41)33(22-36(30)52-39(37)24-12-15-27(43)16-13-24)47(2)23-28-18-19-50-42(51-28)25-8-5-4-6-9-25/h4-17,20-22,28,42H,18-19,23H2,1-3H3,(H,45,48). The van der Waals surface area contributed by atoms with Gasteiger partial charge in [-0.2, -0.15) is 0 Å². The molecule has 3 heterocycles. The number of halogens is 2. The number of hydrogen-bond acceptors (Lipinski definition) is 8. The van der Waals surface area contributed by atoms with Crippen LogP contribution in [0.25, 0.3) is 56.0 Å². The van der Waals surface area contributed by atoms with Gasteiger partial charge in [-0.25, -0.2) is 13.8 Å². The predicted molar refractivity (Wildman–Crippen MR) is 198 cm³/mol. The van der Waals surface area contributed by atoms with Gasteiger partial charge in [0.2, 0.25) is 5.89 Å². The summed E-state index contributed by atoms with van der Waals surface area (Å²) >= 11 is 0. The summed E-state index contributed by atoms with van der Waals surface area (Å²) in [5.74, 6) is -0.276. The molecule has 0 spiro atoms. The van der Waals surface area contributed by atoms with Crippen LogP contribution in [0.2, 0.25) is 0 Å². The van der Waals surface area contributed by atoms with E-state index in [1.807, 2.05) is 61.6 Å². The van der Waals surface area contributed by atoms with Crippen LogP contribution in [0, 0.1) is 11.6 Å². The normalized spacial score (nSPS) is 15.9. The zero-order valence-corrected chi connectivity index (χ0v) is 29.2. The molecule has 11 heteroatoms. The van der Waals surface area contributed by atoms with Crippen LogP contribution < -0.4 is 15.0 Å². The third kappa shape index (κ3) is 6.49. The highest BCUT2D eigenvalue weighted by Gasteiger charge is 2.29. The van der Waals surface area contributed by atoms with Gasteiger partial charge in [0.05, 0.1) is 30.9 Å². The van der Waals surface area contributed by atoms with Crippen molar-refractivity contribution in [2.45, 2.75) is 18.8 Å². The average Bonchev–Trinajstić information content (AvgIpc) is 3.80. The number of hydrogen-bond donors (Lipinski definition) is 1. The molecule has 2 aromatic heterocycles. The highest BCUT2D eigenvalue weighted by atomic mass is 19.1. The summed E-state index contributed by atoms with van der Waals surface area (Å²) in [6.45, 7) is 1.04. The molecule has 268 valence electrons. The summed E-state index contributed by atoms with van der Waals surface area (Å²) in [4.78, 5) is 20.1. The first kappa shape index (κ1) is 34.1. The van der Waals surface area contributed by atoms with E-state index in [0.717, 1.165) is 22.4 Å². The van der Waals surface area contributed by atoms with Gasteiger partial charge in [0, 0.05) is 54.5 Å². The first-order valence-corrected chi connectivity index (χ1v) is 17.2. The molecule has 53 heavy (non-hydrogen) atoms. The Hall–Kier alpha value is -6.04. The number of ether oxygens (including phenoxy) is 3. The van der Waals surface area contributed by atoms with Gasteiger partial charge in [-0.15, -0.1) is 0 Å². The number of anilines is 1. The molecular weight excluding hydrogens is 680 g/mol. The van der Waals surface area contributed by atoms with Gasteiger partial charge in [0.1, 0.15) is 28.4 Å². The molecule has 2 atom stereocenters. The molecule has 1 N–H and O–H groups in total. The molecule has 1 aliphatic heterocycles. The van der Waals surface area contributed by atoms with E-state index in [1.54, 1.807) is 44.5 Å². The van der Waals surface area contributed by atoms with Gasteiger partial charge in [0.15, 0.2) is 17.7 Å². The molecule has 1 fully saturated rings. The van der Waals surface area contributed by atoms with Gasteiger partial charge in [0.25, 0.3) is 5.91 Å². The van der Waals surface area contributed by atoms with E-state index in [2.05, 4.69) is 15.2 Å². The number of oxazole rings is 1. The SMILES string of the molecule is CNC(=O)c1c(-c2ccc(F)cc2)oc2cc(N(C)CC3CCOC(c4ccccc4)O3)c(-c3ccc(OC)c(-c4nc5c(F)cccc5o4)c3)cc12. The lowest BCUT2D eigenvalue weighted by Crippen LogP contribution is -2.36. The lowest BCUT2D eigenvalue weighted by molar-refractivity contribution is -0.214. The second-order valence-electron chi connectivity index (χ2n) is 12.8. The Morgan fingerprint density at radius 2 is 1.70 bits per heavy atom. The number of likely N-dealkylation sites (N-methyl/N-ethyl adjacent to an activating group) is 1. The molecule has 0 saturated carbocycles. The largest absolute Gasteiger partial charge is 0.496 e. The summed E-state index contributed by atoms with van der Waals surface area (Å²) in [5, 5.41) is 3.29. The zero-order valence-electron chi connectivity index (χ0n) is 29.2. The van der Waals surface area contributed by atoms with Crippen molar-refractivity contribution in [2.24, 2.45) is 0 Å². The van der Waals surface area contributed by atoms with Crippen LogP contribution in [0.4, 0.5) is 14.5 Å². The van der Waals surface area contributed by atoms with E-state index in [-0.39, 0.29) is 23.4 Å². The second kappa shape index (κ2) is 14.2. The lowest BCUT2D eigenvalue weighted by atomic mass is 9.96. The zero-order chi connectivity index (χ0) is 36.6. The highest BCUT2D eigenvalue weighted by molar-refractivity contribution is 6.13. The Morgan fingerprint density at radius 3 is 2.45 bits per heavy atom. The number of fused-ring (bicyclic) bond motifs is 2. The summed E-state index contributed by atoms with van der Waals surface area (Å²) in [6.07, 6.45) is 0.0214. The van der Waals surface area contributed by atoms with Gasteiger partial charge in [-0.1, -0.05) is 42.5 Å². The van der Waals surface area contributed by atoms with Gasteiger partial charge >= 0.3 is 0 Å². The fourth-order valence-electron chi connectivity index (χ4n) is 6.82. The third-order valence-corrected chi connectivity index (χ3v) is 9.46. The van der Waals surface area contributed by atoms with E-state index in [4.69, 9.17) is 23.0 Å². The fraction of sp³-hybridized carbons (Fsp3) is 0.190. The minimum Gasteiger partial charge on any atom is -0.496 e. The van der Waals surface area contributed by atoms with Crippen LogP contribution in [0.5, 0.6) is 5.75 Å². The number of furan rings is 1. The molecule has 2 unspecified atom stereocenters. The molecule has 1 aliphatic rings. The summed E-state index contributed by atoms with van der Waals surface area (Å²) < 4.78 is 59.2. The first-order chi connectivity index (χ1) is 25.8.